The van der Waals surface area contributed by atoms with Crippen molar-refractivity contribution < 1.29 is 29.0 Å². The highest BCUT2D eigenvalue weighted by Gasteiger charge is 2.27. The van der Waals surface area contributed by atoms with Crippen molar-refractivity contribution >= 4 is 18.3 Å². The molecule has 1 aliphatic heterocycles. The van der Waals surface area contributed by atoms with Crippen LogP contribution in [0.15, 0.2) is 24.3 Å². The molecule has 1 aromatic rings. The van der Waals surface area contributed by atoms with Crippen molar-refractivity contribution in [3.63, 3.8) is 0 Å². The van der Waals surface area contributed by atoms with Gasteiger partial charge in [0.05, 0.1) is 26.7 Å². The van der Waals surface area contributed by atoms with E-state index in [-0.39, 0.29) is 30.2 Å². The summed E-state index contributed by atoms with van der Waals surface area (Å²) < 4.78 is 10.7. The fourth-order valence-electron chi connectivity index (χ4n) is 4.11. The van der Waals surface area contributed by atoms with E-state index >= 15 is 0 Å². The third-order valence-electron chi connectivity index (χ3n) is 5.84. The Bertz CT molecular complexity index is 715. The number of nitrogens with one attached hydrogen (secondary N) is 2. The van der Waals surface area contributed by atoms with Gasteiger partial charge in [-0.2, -0.15) is 0 Å². The molecule has 2 amide bonds. The lowest BCUT2D eigenvalue weighted by atomic mass is 9.85. The Morgan fingerprint density at radius 2 is 1.84 bits per heavy atom. The molecule has 1 aromatic carbocycles. The van der Waals surface area contributed by atoms with Crippen molar-refractivity contribution in [2.75, 3.05) is 46.5 Å². The number of carboxylic acid groups (broad SMARTS) is 1. The number of rotatable bonds is 8. The number of para-hydroxylation sites is 1. The number of carbonyl (C=O) groups is 3. The Morgan fingerprint density at radius 3 is 2.50 bits per heavy atom. The number of methoxy groups -OCH3 is 1. The predicted molar refractivity (Wildman–Crippen MR) is 120 cm³/mol. The van der Waals surface area contributed by atoms with Gasteiger partial charge in [-0.1, -0.05) is 18.2 Å². The zero-order valence-electron chi connectivity index (χ0n) is 18.8. The first-order valence-corrected chi connectivity index (χ1v) is 11.1. The molecule has 1 heterocycles. The molecule has 1 aliphatic carbocycles. The minimum atomic E-state index is -0.250. The maximum Gasteiger partial charge on any atom is 0.290 e. The minimum Gasteiger partial charge on any atom is -0.496 e. The van der Waals surface area contributed by atoms with Gasteiger partial charge >= 0.3 is 0 Å². The molecule has 0 unspecified atom stereocenters. The van der Waals surface area contributed by atoms with E-state index in [1.54, 1.807) is 7.11 Å². The van der Waals surface area contributed by atoms with Crippen molar-refractivity contribution in [2.24, 2.45) is 5.92 Å². The van der Waals surface area contributed by atoms with Crippen LogP contribution in [0, 0.1) is 5.92 Å². The van der Waals surface area contributed by atoms with Gasteiger partial charge in [0.2, 0.25) is 11.8 Å². The molecule has 32 heavy (non-hydrogen) atoms. The van der Waals surface area contributed by atoms with E-state index in [1.165, 1.54) is 0 Å². The van der Waals surface area contributed by atoms with Gasteiger partial charge in [-0.25, -0.2) is 0 Å². The summed E-state index contributed by atoms with van der Waals surface area (Å²) in [5.74, 6) is 0.951. The van der Waals surface area contributed by atoms with E-state index in [4.69, 9.17) is 19.4 Å². The standard InChI is InChI=1S/C22H33N3O4.CH2O2/c1-28-20-5-3-2-4-18(20)16-21(26)24-19-8-6-17(7-9-19)22(27)23-10-11-25-12-14-29-15-13-25;2-1-3/h2-5,17,19H,6-16H2,1H3,(H,23,27)(H,24,26);1H,(H,2,3). The number of ether oxygens (including phenoxy) is 2. The fourth-order valence-corrected chi connectivity index (χ4v) is 4.11. The quantitative estimate of drug-likeness (QED) is 0.508. The molecule has 1 saturated carbocycles. The van der Waals surface area contributed by atoms with Crippen molar-refractivity contribution in [1.82, 2.24) is 15.5 Å². The molecule has 9 nitrogen and oxygen atoms in total. The number of hydrogen-bond acceptors (Lipinski definition) is 6. The lowest BCUT2D eigenvalue weighted by Crippen LogP contribution is -2.44. The van der Waals surface area contributed by atoms with Crippen LogP contribution in [0.5, 0.6) is 5.75 Å². The van der Waals surface area contributed by atoms with Crippen molar-refractivity contribution in [1.29, 1.82) is 0 Å². The van der Waals surface area contributed by atoms with Gasteiger partial charge < -0.3 is 25.2 Å². The molecule has 0 spiro atoms. The molecular weight excluding hydrogens is 414 g/mol. The predicted octanol–water partition coefficient (Wildman–Crippen LogP) is 1.06. The first-order valence-electron chi connectivity index (χ1n) is 11.1. The van der Waals surface area contributed by atoms with Crippen LogP contribution in [0.1, 0.15) is 31.2 Å². The van der Waals surface area contributed by atoms with Crippen molar-refractivity contribution in [3.8, 4) is 5.75 Å². The number of benzene rings is 1. The summed E-state index contributed by atoms with van der Waals surface area (Å²) in [6.45, 7) is 4.75. The topological polar surface area (TPSA) is 117 Å². The summed E-state index contributed by atoms with van der Waals surface area (Å²) in [7, 11) is 1.62. The highest BCUT2D eigenvalue weighted by Crippen LogP contribution is 2.25. The van der Waals surface area contributed by atoms with E-state index < -0.39 is 0 Å². The third-order valence-corrected chi connectivity index (χ3v) is 5.84. The van der Waals surface area contributed by atoms with Gasteiger partial charge in [-0.3, -0.25) is 19.3 Å². The van der Waals surface area contributed by atoms with E-state index in [0.29, 0.717) is 13.0 Å². The second kappa shape index (κ2) is 14.4. The summed E-state index contributed by atoms with van der Waals surface area (Å²) in [4.78, 5) is 35.5. The average Bonchev–Trinajstić information content (AvgIpc) is 2.81. The SMILES string of the molecule is COc1ccccc1CC(=O)NC1CCC(C(=O)NCCN2CCOCC2)CC1.O=CO. The van der Waals surface area contributed by atoms with E-state index in [0.717, 1.165) is 69.8 Å². The zero-order valence-corrected chi connectivity index (χ0v) is 18.8. The molecule has 1 saturated heterocycles. The molecule has 178 valence electrons. The summed E-state index contributed by atoms with van der Waals surface area (Å²) in [6.07, 6.45) is 3.65. The number of morpholine rings is 1. The summed E-state index contributed by atoms with van der Waals surface area (Å²) in [5, 5.41) is 13.1. The minimum absolute atomic E-state index is 0.00733. The van der Waals surface area contributed by atoms with Crippen LogP contribution in [0.2, 0.25) is 0 Å². The Kier molecular flexibility index (Phi) is 11.5. The smallest absolute Gasteiger partial charge is 0.290 e. The zero-order chi connectivity index (χ0) is 23.2. The lowest BCUT2D eigenvalue weighted by Gasteiger charge is -2.29. The summed E-state index contributed by atoms with van der Waals surface area (Å²) in [6, 6.07) is 7.73. The highest BCUT2D eigenvalue weighted by atomic mass is 16.5. The number of nitrogens with zero attached hydrogens (tertiary/aromatic N) is 1. The maximum atomic E-state index is 12.4. The largest absolute Gasteiger partial charge is 0.496 e. The molecular formula is C23H35N3O6. The molecule has 9 heteroatoms. The number of hydrogen-bond donors (Lipinski definition) is 3. The number of amides is 2. The molecule has 0 bridgehead atoms. The highest BCUT2D eigenvalue weighted by molar-refractivity contribution is 5.80. The molecule has 0 radical (unpaired) electrons. The Balaban J connectivity index is 0.00000114. The summed E-state index contributed by atoms with van der Waals surface area (Å²) >= 11 is 0. The van der Waals surface area contributed by atoms with Gasteiger partial charge in [0, 0.05) is 43.7 Å². The van der Waals surface area contributed by atoms with Gasteiger partial charge in [-0.15, -0.1) is 0 Å². The maximum absolute atomic E-state index is 12.4. The molecule has 0 atom stereocenters. The van der Waals surface area contributed by atoms with Crippen LogP contribution in [0.4, 0.5) is 0 Å². The van der Waals surface area contributed by atoms with E-state index in [2.05, 4.69) is 15.5 Å². The second-order valence-corrected chi connectivity index (χ2v) is 7.96. The third kappa shape index (κ3) is 8.84. The summed E-state index contributed by atoms with van der Waals surface area (Å²) in [5.41, 5.74) is 0.890. The molecule has 3 N–H and O–H groups in total. The van der Waals surface area contributed by atoms with Crippen LogP contribution < -0.4 is 15.4 Å². The second-order valence-electron chi connectivity index (χ2n) is 7.96. The van der Waals surface area contributed by atoms with Crippen LogP contribution in [-0.4, -0.2) is 80.8 Å². The molecule has 2 aliphatic rings. The number of carbonyl (C=O) groups excluding carboxylic acids is 2. The first kappa shape index (κ1) is 25.6. The van der Waals surface area contributed by atoms with Gasteiger partial charge in [0.25, 0.3) is 6.47 Å². The van der Waals surface area contributed by atoms with Gasteiger partial charge in [-0.05, 0) is 31.7 Å². The molecule has 3 rings (SSSR count). The van der Waals surface area contributed by atoms with Crippen LogP contribution in [-0.2, 0) is 25.5 Å². The van der Waals surface area contributed by atoms with Crippen LogP contribution >= 0.6 is 0 Å². The van der Waals surface area contributed by atoms with Crippen LogP contribution in [0.25, 0.3) is 0 Å². The van der Waals surface area contributed by atoms with Crippen molar-refractivity contribution in [2.45, 2.75) is 38.1 Å². The van der Waals surface area contributed by atoms with Crippen molar-refractivity contribution in [3.05, 3.63) is 29.8 Å². The average molecular weight is 450 g/mol. The van der Waals surface area contributed by atoms with Gasteiger partial charge in [0.1, 0.15) is 5.75 Å². The Labute approximate surface area is 189 Å². The van der Waals surface area contributed by atoms with E-state index in [1.807, 2.05) is 24.3 Å². The molecule has 2 fully saturated rings. The Hall–Kier alpha value is -2.65. The Morgan fingerprint density at radius 1 is 1.19 bits per heavy atom. The lowest BCUT2D eigenvalue weighted by molar-refractivity contribution is -0.126. The fraction of sp³-hybridized carbons (Fsp3) is 0.609. The monoisotopic (exact) mass is 449 g/mol. The first-order chi connectivity index (χ1) is 15.6. The van der Waals surface area contributed by atoms with Crippen LogP contribution in [0.3, 0.4) is 0 Å². The van der Waals surface area contributed by atoms with E-state index in [9.17, 15) is 9.59 Å². The molecule has 0 aromatic heterocycles. The normalized spacial score (nSPS) is 20.9. The van der Waals surface area contributed by atoms with Gasteiger partial charge in [0.15, 0.2) is 0 Å².